The van der Waals surface area contributed by atoms with E-state index >= 15 is 0 Å². The van der Waals surface area contributed by atoms with Crippen LogP contribution in [0.5, 0.6) is 5.88 Å². The van der Waals surface area contributed by atoms with Crippen LogP contribution in [0.4, 0.5) is 17.2 Å². The van der Waals surface area contributed by atoms with E-state index in [0.717, 1.165) is 55.0 Å². The van der Waals surface area contributed by atoms with Crippen molar-refractivity contribution in [1.82, 2.24) is 25.4 Å². The van der Waals surface area contributed by atoms with Crippen LogP contribution in [0, 0.1) is 6.92 Å². The van der Waals surface area contributed by atoms with Crippen LogP contribution < -0.4 is 31.3 Å². The van der Waals surface area contributed by atoms with Gasteiger partial charge in [-0.15, -0.1) is 0 Å². The number of nitrogens with two attached hydrogens (primary N) is 1. The quantitative estimate of drug-likeness (QED) is 0.268. The predicted molar refractivity (Wildman–Crippen MR) is 161 cm³/mol. The number of primary amides is 1. The van der Waals surface area contributed by atoms with Crippen molar-refractivity contribution in [1.29, 1.82) is 0 Å². The van der Waals surface area contributed by atoms with Gasteiger partial charge in [0, 0.05) is 62.4 Å². The van der Waals surface area contributed by atoms with E-state index in [0.29, 0.717) is 35.7 Å². The fraction of sp³-hybridized carbons (Fsp3) is 0.290. The standard InChI is InChI=1S/C31H34N8O3/c1-19-16-21(5-6-22(19)18-35-30(41)24-4-3-10-34-31(24)42-2)27-26(28(32)40)29-36-25-8-7-23(38-14-11-33-12-15-38)17-20(25)9-13-39(29)37-27/h3-8,10,16-17,33,36H,9,11-15,18H2,1-2H3,(H2,32,40)(H,35,41). The van der Waals surface area contributed by atoms with Gasteiger partial charge in [-0.3, -0.25) is 9.59 Å². The van der Waals surface area contributed by atoms with Crippen LogP contribution in [0.1, 0.15) is 37.4 Å². The van der Waals surface area contributed by atoms with E-state index in [2.05, 4.69) is 44.0 Å². The summed E-state index contributed by atoms with van der Waals surface area (Å²) in [5, 5.41) is 14.6. The highest BCUT2D eigenvalue weighted by Gasteiger charge is 2.27. The third-order valence-electron chi connectivity index (χ3n) is 7.88. The minimum Gasteiger partial charge on any atom is -0.480 e. The van der Waals surface area contributed by atoms with Gasteiger partial charge in [0.1, 0.15) is 22.6 Å². The molecule has 0 saturated carbocycles. The second-order valence-corrected chi connectivity index (χ2v) is 10.5. The number of nitrogens with one attached hydrogen (secondary N) is 3. The highest BCUT2D eigenvalue weighted by molar-refractivity contribution is 6.04. The Labute approximate surface area is 244 Å². The molecule has 0 radical (unpaired) electrons. The van der Waals surface area contributed by atoms with Gasteiger partial charge >= 0.3 is 0 Å². The second-order valence-electron chi connectivity index (χ2n) is 10.5. The van der Waals surface area contributed by atoms with Gasteiger partial charge in [-0.2, -0.15) is 5.10 Å². The number of carbonyl (C=O) groups is 2. The molecule has 2 aromatic carbocycles. The average molecular weight is 567 g/mol. The van der Waals surface area contributed by atoms with E-state index in [1.165, 1.54) is 18.4 Å². The average Bonchev–Trinajstić information content (AvgIpc) is 3.28. The summed E-state index contributed by atoms with van der Waals surface area (Å²) in [6.07, 6.45) is 2.35. The van der Waals surface area contributed by atoms with E-state index in [1.807, 2.05) is 29.8 Å². The van der Waals surface area contributed by atoms with Crippen molar-refractivity contribution in [3.63, 3.8) is 0 Å². The molecule has 0 spiro atoms. The summed E-state index contributed by atoms with van der Waals surface area (Å²) >= 11 is 0. The number of fused-ring (bicyclic) bond motifs is 2. The first kappa shape index (κ1) is 27.3. The minimum absolute atomic E-state index is 0.274. The molecule has 42 heavy (non-hydrogen) atoms. The van der Waals surface area contributed by atoms with Gasteiger partial charge in [0.2, 0.25) is 5.88 Å². The lowest BCUT2D eigenvalue weighted by molar-refractivity contribution is 0.0945. The number of hydrogen-bond acceptors (Lipinski definition) is 8. The third kappa shape index (κ3) is 5.26. The van der Waals surface area contributed by atoms with Gasteiger partial charge in [0.25, 0.3) is 11.8 Å². The van der Waals surface area contributed by atoms with Crippen molar-refractivity contribution < 1.29 is 14.3 Å². The number of benzene rings is 2. The molecule has 0 unspecified atom stereocenters. The van der Waals surface area contributed by atoms with Crippen molar-refractivity contribution in [2.45, 2.75) is 26.4 Å². The van der Waals surface area contributed by atoms with Gasteiger partial charge in [-0.1, -0.05) is 12.1 Å². The first-order valence-corrected chi connectivity index (χ1v) is 14.1. The van der Waals surface area contributed by atoms with Crippen molar-refractivity contribution >= 4 is 29.0 Å². The summed E-state index contributed by atoms with van der Waals surface area (Å²) in [6, 6.07) is 15.6. The van der Waals surface area contributed by atoms with Crippen LogP contribution in [-0.2, 0) is 19.5 Å². The number of ether oxygens (including phenoxy) is 1. The Hall–Kier alpha value is -4.90. The molecule has 1 fully saturated rings. The normalized spacial score (nSPS) is 14.3. The zero-order valence-corrected chi connectivity index (χ0v) is 23.7. The molecule has 4 heterocycles. The fourth-order valence-electron chi connectivity index (χ4n) is 5.61. The van der Waals surface area contributed by atoms with E-state index < -0.39 is 5.91 Å². The molecule has 2 aliphatic rings. The fourth-order valence-corrected chi connectivity index (χ4v) is 5.61. The molecule has 11 nitrogen and oxygen atoms in total. The van der Waals surface area contributed by atoms with Gasteiger partial charge in [-0.25, -0.2) is 9.67 Å². The largest absolute Gasteiger partial charge is 0.480 e. The molecule has 4 aromatic rings. The maximum atomic E-state index is 12.8. The molecule has 5 N–H and O–H groups in total. The zero-order chi connectivity index (χ0) is 29.2. The van der Waals surface area contributed by atoms with Crippen LogP contribution in [0.25, 0.3) is 11.3 Å². The topological polar surface area (TPSA) is 139 Å². The summed E-state index contributed by atoms with van der Waals surface area (Å²) in [7, 11) is 1.48. The highest BCUT2D eigenvalue weighted by atomic mass is 16.5. The third-order valence-corrected chi connectivity index (χ3v) is 7.88. The van der Waals surface area contributed by atoms with E-state index in [-0.39, 0.29) is 11.8 Å². The molecule has 2 aliphatic heterocycles. The number of aryl methyl sites for hydroxylation is 3. The Morgan fingerprint density at radius 2 is 1.93 bits per heavy atom. The lowest BCUT2D eigenvalue weighted by Crippen LogP contribution is -2.43. The minimum atomic E-state index is -0.543. The van der Waals surface area contributed by atoms with Gasteiger partial charge in [-0.05, 0) is 66.4 Å². The molecule has 0 bridgehead atoms. The highest BCUT2D eigenvalue weighted by Crippen LogP contribution is 2.36. The van der Waals surface area contributed by atoms with Gasteiger partial charge < -0.3 is 31.3 Å². The predicted octanol–water partition coefficient (Wildman–Crippen LogP) is 3.00. The maximum Gasteiger partial charge on any atom is 0.257 e. The Morgan fingerprint density at radius 3 is 2.69 bits per heavy atom. The molecular formula is C31H34N8O3. The Kier molecular flexibility index (Phi) is 7.49. The molecule has 2 amide bonds. The van der Waals surface area contributed by atoms with E-state index in [4.69, 9.17) is 15.6 Å². The van der Waals surface area contributed by atoms with Crippen molar-refractivity contribution in [2.75, 3.05) is 43.5 Å². The lowest BCUT2D eigenvalue weighted by Gasteiger charge is -2.30. The van der Waals surface area contributed by atoms with Crippen LogP contribution in [-0.4, -0.2) is 59.9 Å². The van der Waals surface area contributed by atoms with Crippen LogP contribution in [0.2, 0.25) is 0 Å². The number of hydrogen-bond donors (Lipinski definition) is 4. The molecule has 11 heteroatoms. The molecule has 0 atom stereocenters. The van der Waals surface area contributed by atoms with Crippen LogP contribution >= 0.6 is 0 Å². The Bertz CT molecular complexity index is 1660. The number of piperazine rings is 1. The van der Waals surface area contributed by atoms with E-state index in [1.54, 1.807) is 18.3 Å². The number of methoxy groups -OCH3 is 1. The summed E-state index contributed by atoms with van der Waals surface area (Å²) in [5.41, 5.74) is 13.2. The second kappa shape index (κ2) is 11.5. The number of pyridine rings is 1. The van der Waals surface area contributed by atoms with Crippen LogP contribution in [0.3, 0.4) is 0 Å². The van der Waals surface area contributed by atoms with Crippen molar-refractivity contribution in [2.24, 2.45) is 5.73 Å². The molecule has 216 valence electrons. The number of aromatic nitrogens is 3. The van der Waals surface area contributed by atoms with E-state index in [9.17, 15) is 9.59 Å². The first-order chi connectivity index (χ1) is 20.4. The first-order valence-electron chi connectivity index (χ1n) is 14.1. The van der Waals surface area contributed by atoms with Crippen molar-refractivity contribution in [3.8, 4) is 17.1 Å². The molecule has 2 aromatic heterocycles. The summed E-state index contributed by atoms with van der Waals surface area (Å²) < 4.78 is 7.04. The molecule has 1 saturated heterocycles. The van der Waals surface area contributed by atoms with Crippen molar-refractivity contribution in [3.05, 3.63) is 82.5 Å². The number of carbonyl (C=O) groups excluding carboxylic acids is 2. The molecule has 0 aliphatic carbocycles. The SMILES string of the molecule is COc1ncccc1C(=O)NCc1ccc(-c2nn3c(c2C(N)=O)Nc2ccc(N4CCNCC4)cc2CC3)cc1C. The van der Waals surface area contributed by atoms with Gasteiger partial charge in [0.05, 0.1) is 7.11 Å². The number of rotatable bonds is 7. The number of nitrogens with zero attached hydrogens (tertiary/aromatic N) is 4. The maximum absolute atomic E-state index is 12.8. The summed E-state index contributed by atoms with van der Waals surface area (Å²) in [6.45, 7) is 6.81. The summed E-state index contributed by atoms with van der Waals surface area (Å²) in [4.78, 5) is 32.0. The molecular weight excluding hydrogens is 532 g/mol. The number of amides is 2. The zero-order valence-electron chi connectivity index (χ0n) is 23.7. The Balaban J connectivity index is 1.24. The Morgan fingerprint density at radius 1 is 1.10 bits per heavy atom. The van der Waals surface area contributed by atoms with Crippen LogP contribution in [0.15, 0.2) is 54.7 Å². The summed E-state index contributed by atoms with van der Waals surface area (Å²) in [5.74, 6) is 0.0603. The monoisotopic (exact) mass is 566 g/mol. The smallest absolute Gasteiger partial charge is 0.257 e. The number of anilines is 3. The molecule has 6 rings (SSSR count). The lowest BCUT2D eigenvalue weighted by atomic mass is 10.0. The van der Waals surface area contributed by atoms with Gasteiger partial charge in [0.15, 0.2) is 0 Å².